The maximum Gasteiger partial charge on any atom is 0.243 e. The summed E-state index contributed by atoms with van der Waals surface area (Å²) in [6, 6.07) is 4.20. The van der Waals surface area contributed by atoms with Gasteiger partial charge in [-0.05, 0) is 61.8 Å². The number of hydrogen-bond donors (Lipinski definition) is 2. The number of thiophene rings is 1. The number of likely N-dealkylation sites (tertiary alicyclic amines) is 1. The summed E-state index contributed by atoms with van der Waals surface area (Å²) in [6.07, 6.45) is 7.73. The van der Waals surface area contributed by atoms with Crippen molar-refractivity contribution in [3.8, 4) is 0 Å². The average molecular weight is 412 g/mol. The fourth-order valence-corrected chi connectivity index (χ4v) is 5.98. The van der Waals surface area contributed by atoms with Crippen molar-refractivity contribution in [2.45, 2.75) is 69.5 Å². The number of nitrogens with two attached hydrogens (primary N) is 1. The van der Waals surface area contributed by atoms with Crippen LogP contribution in [-0.4, -0.2) is 41.4 Å². The lowest BCUT2D eigenvalue weighted by molar-refractivity contribution is -0.138. The zero-order valence-corrected chi connectivity index (χ0v) is 17.3. The fraction of sp³-hybridized carbons (Fsp3) is 0.700. The largest absolute Gasteiger partial charge is 0.351 e. The highest BCUT2D eigenvalue weighted by atomic mass is 35.5. The monoisotopic (exact) mass is 411 g/mol. The molecular formula is C20H30ClN3O2S. The molecule has 2 amide bonds. The molecule has 0 spiro atoms. The first-order valence-electron chi connectivity index (χ1n) is 9.99. The van der Waals surface area contributed by atoms with Crippen LogP contribution in [0, 0.1) is 11.8 Å². The molecule has 150 valence electrons. The van der Waals surface area contributed by atoms with E-state index in [-0.39, 0.29) is 42.3 Å². The lowest BCUT2D eigenvalue weighted by Gasteiger charge is -2.45. The molecule has 2 heterocycles. The normalized spacial score (nSPS) is 32.6. The highest BCUT2D eigenvalue weighted by molar-refractivity contribution is 7.10. The summed E-state index contributed by atoms with van der Waals surface area (Å²) < 4.78 is 0. The molecule has 0 radical (unpaired) electrons. The molecule has 1 aromatic heterocycles. The molecular weight excluding hydrogens is 382 g/mol. The lowest BCUT2D eigenvalue weighted by atomic mass is 9.67. The molecule has 2 bridgehead atoms. The summed E-state index contributed by atoms with van der Waals surface area (Å²) in [7, 11) is 0. The Kier molecular flexibility index (Phi) is 6.82. The molecule has 1 aromatic rings. The molecule has 5 nitrogen and oxygen atoms in total. The Hall–Kier alpha value is -1.11. The second kappa shape index (κ2) is 8.93. The molecule has 27 heavy (non-hydrogen) atoms. The van der Waals surface area contributed by atoms with E-state index in [1.165, 1.54) is 19.3 Å². The third kappa shape index (κ3) is 4.49. The van der Waals surface area contributed by atoms with Crippen molar-refractivity contribution in [2.75, 3.05) is 6.54 Å². The molecule has 2 saturated carbocycles. The minimum atomic E-state index is -0.293. The van der Waals surface area contributed by atoms with E-state index in [9.17, 15) is 9.59 Å². The fourth-order valence-electron chi connectivity index (χ4n) is 5.29. The van der Waals surface area contributed by atoms with Gasteiger partial charge >= 0.3 is 0 Å². The molecule has 3 aliphatic rings. The van der Waals surface area contributed by atoms with Crippen molar-refractivity contribution >= 4 is 35.6 Å². The zero-order valence-electron chi connectivity index (χ0n) is 15.6. The number of rotatable bonds is 4. The predicted octanol–water partition coefficient (Wildman–Crippen LogP) is 2.73. The average Bonchev–Trinajstić information content (AvgIpc) is 3.26. The SMILES string of the molecule is Cl.NC1CC2CCCC(C1)C2NC(=O)C1CCCN1C(=O)Cc1cccs1. The van der Waals surface area contributed by atoms with Crippen LogP contribution in [0.3, 0.4) is 0 Å². The van der Waals surface area contributed by atoms with E-state index < -0.39 is 0 Å². The Balaban J connectivity index is 0.00000210. The van der Waals surface area contributed by atoms with E-state index in [4.69, 9.17) is 5.73 Å². The minimum Gasteiger partial charge on any atom is -0.351 e. The second-order valence-corrected chi connectivity index (χ2v) is 9.25. The number of carbonyl (C=O) groups is 2. The standard InChI is InChI=1S/C20H29N3O2S.ClH/c21-15-10-13-4-1-5-14(11-15)19(13)22-20(25)17-7-2-8-23(17)18(24)12-16-6-3-9-26-16;/h3,6,9,13-15,17,19H,1-2,4-5,7-8,10-12,21H2,(H,22,25);1H. The van der Waals surface area contributed by atoms with Crippen LogP contribution in [0.1, 0.15) is 49.8 Å². The third-order valence-corrected chi connectivity index (χ3v) is 7.34. The molecule has 3 unspecified atom stereocenters. The van der Waals surface area contributed by atoms with Gasteiger partial charge in [0.1, 0.15) is 6.04 Å². The summed E-state index contributed by atoms with van der Waals surface area (Å²) in [6.45, 7) is 0.699. The minimum absolute atomic E-state index is 0. The zero-order chi connectivity index (χ0) is 18.1. The van der Waals surface area contributed by atoms with Gasteiger partial charge in [-0.1, -0.05) is 12.5 Å². The third-order valence-electron chi connectivity index (χ3n) is 6.47. The summed E-state index contributed by atoms with van der Waals surface area (Å²) in [5.41, 5.74) is 6.20. The van der Waals surface area contributed by atoms with Gasteiger partial charge in [-0.25, -0.2) is 0 Å². The Morgan fingerprint density at radius 2 is 1.93 bits per heavy atom. The summed E-state index contributed by atoms with van der Waals surface area (Å²) >= 11 is 1.60. The molecule has 0 aromatic carbocycles. The second-order valence-electron chi connectivity index (χ2n) is 8.22. The van der Waals surface area contributed by atoms with E-state index in [1.54, 1.807) is 16.2 Å². The van der Waals surface area contributed by atoms with Crippen LogP contribution in [0.4, 0.5) is 0 Å². The Morgan fingerprint density at radius 3 is 2.59 bits per heavy atom. The number of nitrogens with one attached hydrogen (secondary N) is 1. The highest BCUT2D eigenvalue weighted by Gasteiger charge is 2.42. The van der Waals surface area contributed by atoms with Crippen molar-refractivity contribution in [3.63, 3.8) is 0 Å². The number of nitrogens with zero attached hydrogens (tertiary/aromatic N) is 1. The van der Waals surface area contributed by atoms with E-state index in [0.717, 1.165) is 30.6 Å². The summed E-state index contributed by atoms with van der Waals surface area (Å²) in [4.78, 5) is 28.6. The van der Waals surface area contributed by atoms with Gasteiger partial charge in [0.05, 0.1) is 6.42 Å². The molecule has 4 rings (SSSR count). The van der Waals surface area contributed by atoms with Gasteiger partial charge in [0.2, 0.25) is 11.8 Å². The smallest absolute Gasteiger partial charge is 0.243 e. The molecule has 3 atom stereocenters. The van der Waals surface area contributed by atoms with Gasteiger partial charge in [0, 0.05) is 23.5 Å². The van der Waals surface area contributed by atoms with Crippen LogP contribution in [0.5, 0.6) is 0 Å². The number of hydrogen-bond acceptors (Lipinski definition) is 4. The Morgan fingerprint density at radius 1 is 1.19 bits per heavy atom. The topological polar surface area (TPSA) is 75.4 Å². The van der Waals surface area contributed by atoms with Gasteiger partial charge in [-0.2, -0.15) is 0 Å². The van der Waals surface area contributed by atoms with Gasteiger partial charge in [0.25, 0.3) is 0 Å². The molecule has 2 aliphatic carbocycles. The van der Waals surface area contributed by atoms with Crippen molar-refractivity contribution in [1.29, 1.82) is 0 Å². The first-order valence-corrected chi connectivity index (χ1v) is 10.9. The first kappa shape index (κ1) is 20.6. The number of halogens is 1. The summed E-state index contributed by atoms with van der Waals surface area (Å²) in [5, 5.41) is 5.33. The van der Waals surface area contributed by atoms with Crippen molar-refractivity contribution in [3.05, 3.63) is 22.4 Å². The molecule has 1 aliphatic heterocycles. The van der Waals surface area contributed by atoms with Gasteiger partial charge in [0.15, 0.2) is 0 Å². The van der Waals surface area contributed by atoms with Crippen molar-refractivity contribution in [2.24, 2.45) is 17.6 Å². The van der Waals surface area contributed by atoms with Crippen LogP contribution < -0.4 is 11.1 Å². The predicted molar refractivity (Wildman–Crippen MR) is 110 cm³/mol. The maximum atomic E-state index is 13.0. The van der Waals surface area contributed by atoms with Crippen LogP contribution in [-0.2, 0) is 16.0 Å². The number of fused-ring (bicyclic) bond motifs is 2. The lowest BCUT2D eigenvalue weighted by Crippen LogP contribution is -2.57. The van der Waals surface area contributed by atoms with E-state index in [0.29, 0.717) is 24.8 Å². The molecule has 3 N–H and O–H groups in total. The van der Waals surface area contributed by atoms with E-state index >= 15 is 0 Å². The van der Waals surface area contributed by atoms with Crippen LogP contribution in [0.25, 0.3) is 0 Å². The molecule has 7 heteroatoms. The maximum absolute atomic E-state index is 13.0. The van der Waals surface area contributed by atoms with Crippen molar-refractivity contribution < 1.29 is 9.59 Å². The summed E-state index contributed by atoms with van der Waals surface area (Å²) in [5.74, 6) is 1.16. The van der Waals surface area contributed by atoms with Crippen molar-refractivity contribution in [1.82, 2.24) is 10.2 Å². The quantitative estimate of drug-likeness (QED) is 0.799. The Labute approximate surface area is 171 Å². The van der Waals surface area contributed by atoms with E-state index in [1.807, 2.05) is 17.5 Å². The van der Waals surface area contributed by atoms with Crippen LogP contribution in [0.2, 0.25) is 0 Å². The number of carbonyl (C=O) groups excluding carboxylic acids is 2. The van der Waals surface area contributed by atoms with Gasteiger partial charge in [-0.3, -0.25) is 9.59 Å². The molecule has 3 fully saturated rings. The first-order chi connectivity index (χ1) is 12.6. The molecule has 1 saturated heterocycles. The van der Waals surface area contributed by atoms with E-state index in [2.05, 4.69) is 5.32 Å². The van der Waals surface area contributed by atoms with Crippen LogP contribution in [0.15, 0.2) is 17.5 Å². The van der Waals surface area contributed by atoms with Crippen LogP contribution >= 0.6 is 23.7 Å². The van der Waals surface area contributed by atoms with Gasteiger partial charge < -0.3 is 16.0 Å². The number of amides is 2. The highest BCUT2D eigenvalue weighted by Crippen LogP contribution is 2.39. The van der Waals surface area contributed by atoms with Gasteiger partial charge in [-0.15, -0.1) is 23.7 Å². The Bertz CT molecular complexity index is 640.